The second-order valence-electron chi connectivity index (χ2n) is 6.26. The number of hydrogen-bond acceptors (Lipinski definition) is 5. The van der Waals surface area contributed by atoms with Crippen molar-refractivity contribution < 1.29 is 0 Å². The Balaban J connectivity index is 1.43. The first-order valence-corrected chi connectivity index (χ1v) is 8.60. The molecule has 0 aliphatic carbocycles. The highest BCUT2D eigenvalue weighted by Gasteiger charge is 2.06. The SMILES string of the molecule is CC(CNc1ccnc(Nc2ccc3cn[nH]c3c2)n1)c1ccccc1. The largest absolute Gasteiger partial charge is 0.369 e. The molecule has 0 aliphatic heterocycles. The van der Waals surface area contributed by atoms with Gasteiger partial charge in [0.15, 0.2) is 0 Å². The molecule has 26 heavy (non-hydrogen) atoms. The molecule has 0 saturated carbocycles. The molecule has 0 aliphatic rings. The Bertz CT molecular complexity index is 995. The normalized spacial score (nSPS) is 12.0. The zero-order chi connectivity index (χ0) is 17.8. The van der Waals surface area contributed by atoms with E-state index in [2.05, 4.69) is 62.0 Å². The highest BCUT2D eigenvalue weighted by Crippen LogP contribution is 2.20. The van der Waals surface area contributed by atoms with Crippen molar-refractivity contribution in [2.75, 3.05) is 17.2 Å². The molecule has 1 atom stereocenters. The molecule has 0 fully saturated rings. The van der Waals surface area contributed by atoms with Gasteiger partial charge in [0.05, 0.1) is 11.7 Å². The number of hydrogen-bond donors (Lipinski definition) is 3. The number of H-pyrrole nitrogens is 1. The molecule has 0 bridgehead atoms. The average Bonchev–Trinajstić information content (AvgIpc) is 3.15. The number of aromatic amines is 1. The van der Waals surface area contributed by atoms with Crippen LogP contribution < -0.4 is 10.6 Å². The number of fused-ring (bicyclic) bond motifs is 1. The summed E-state index contributed by atoms with van der Waals surface area (Å²) in [4.78, 5) is 8.84. The molecule has 2 aromatic heterocycles. The van der Waals surface area contributed by atoms with Gasteiger partial charge in [0.2, 0.25) is 5.95 Å². The molecule has 4 aromatic rings. The predicted molar refractivity (Wildman–Crippen MR) is 105 cm³/mol. The molecule has 1 unspecified atom stereocenters. The van der Waals surface area contributed by atoms with Crippen LogP contribution in [0.2, 0.25) is 0 Å². The fourth-order valence-electron chi connectivity index (χ4n) is 2.82. The summed E-state index contributed by atoms with van der Waals surface area (Å²) in [7, 11) is 0. The summed E-state index contributed by atoms with van der Waals surface area (Å²) in [5, 5.41) is 14.7. The third-order valence-corrected chi connectivity index (χ3v) is 4.31. The van der Waals surface area contributed by atoms with Gasteiger partial charge < -0.3 is 10.6 Å². The lowest BCUT2D eigenvalue weighted by Gasteiger charge is -2.14. The molecule has 4 rings (SSSR count). The van der Waals surface area contributed by atoms with Gasteiger partial charge in [-0.3, -0.25) is 5.10 Å². The van der Waals surface area contributed by atoms with Gasteiger partial charge in [-0.15, -0.1) is 0 Å². The zero-order valence-electron chi connectivity index (χ0n) is 14.5. The second-order valence-corrected chi connectivity index (χ2v) is 6.26. The van der Waals surface area contributed by atoms with Gasteiger partial charge in [-0.05, 0) is 35.7 Å². The van der Waals surface area contributed by atoms with Gasteiger partial charge >= 0.3 is 0 Å². The Morgan fingerprint density at radius 1 is 1.08 bits per heavy atom. The molecule has 0 saturated heterocycles. The molecule has 2 heterocycles. The lowest BCUT2D eigenvalue weighted by molar-refractivity contribution is 0.801. The number of rotatable bonds is 6. The van der Waals surface area contributed by atoms with E-state index < -0.39 is 0 Å². The van der Waals surface area contributed by atoms with Crippen LogP contribution in [0.5, 0.6) is 0 Å². The van der Waals surface area contributed by atoms with Gasteiger partial charge in [0, 0.05) is 23.8 Å². The van der Waals surface area contributed by atoms with E-state index in [9.17, 15) is 0 Å². The quantitative estimate of drug-likeness (QED) is 0.486. The minimum Gasteiger partial charge on any atom is -0.369 e. The minimum absolute atomic E-state index is 0.394. The summed E-state index contributed by atoms with van der Waals surface area (Å²) in [5.74, 6) is 1.75. The van der Waals surface area contributed by atoms with E-state index in [0.29, 0.717) is 11.9 Å². The van der Waals surface area contributed by atoms with Crippen LogP contribution in [-0.4, -0.2) is 26.7 Å². The third kappa shape index (κ3) is 3.64. The average molecular weight is 344 g/mol. The van der Waals surface area contributed by atoms with E-state index in [-0.39, 0.29) is 0 Å². The molecule has 6 heteroatoms. The van der Waals surface area contributed by atoms with Crippen LogP contribution in [-0.2, 0) is 0 Å². The Labute approximate surface area is 151 Å². The monoisotopic (exact) mass is 344 g/mol. The molecule has 0 spiro atoms. The maximum Gasteiger partial charge on any atom is 0.229 e. The number of nitrogens with zero attached hydrogens (tertiary/aromatic N) is 3. The highest BCUT2D eigenvalue weighted by molar-refractivity contribution is 5.82. The van der Waals surface area contributed by atoms with Crippen LogP contribution in [0.4, 0.5) is 17.5 Å². The van der Waals surface area contributed by atoms with Crippen LogP contribution >= 0.6 is 0 Å². The maximum absolute atomic E-state index is 4.54. The molecule has 0 radical (unpaired) electrons. The Morgan fingerprint density at radius 3 is 2.85 bits per heavy atom. The summed E-state index contributed by atoms with van der Waals surface area (Å²) >= 11 is 0. The van der Waals surface area contributed by atoms with Crippen LogP contribution in [0, 0.1) is 0 Å². The van der Waals surface area contributed by atoms with Crippen molar-refractivity contribution in [3.8, 4) is 0 Å². The van der Waals surface area contributed by atoms with E-state index in [1.165, 1.54) is 5.56 Å². The van der Waals surface area contributed by atoms with E-state index in [1.807, 2.05) is 30.3 Å². The summed E-state index contributed by atoms with van der Waals surface area (Å²) in [5.41, 5.74) is 3.19. The lowest BCUT2D eigenvalue weighted by atomic mass is 10.0. The Morgan fingerprint density at radius 2 is 1.96 bits per heavy atom. The van der Waals surface area contributed by atoms with Crippen molar-refractivity contribution in [2.45, 2.75) is 12.8 Å². The van der Waals surface area contributed by atoms with Crippen molar-refractivity contribution in [3.05, 3.63) is 72.6 Å². The van der Waals surface area contributed by atoms with E-state index >= 15 is 0 Å². The third-order valence-electron chi connectivity index (χ3n) is 4.31. The molecule has 0 amide bonds. The van der Waals surface area contributed by atoms with Crippen LogP contribution in [0.1, 0.15) is 18.4 Å². The number of nitrogens with one attached hydrogen (secondary N) is 3. The molecular weight excluding hydrogens is 324 g/mol. The first-order valence-electron chi connectivity index (χ1n) is 8.60. The van der Waals surface area contributed by atoms with Crippen molar-refractivity contribution >= 4 is 28.4 Å². The van der Waals surface area contributed by atoms with Gasteiger partial charge in [0.25, 0.3) is 0 Å². The molecule has 3 N–H and O–H groups in total. The van der Waals surface area contributed by atoms with Gasteiger partial charge in [-0.2, -0.15) is 10.1 Å². The Hall–Kier alpha value is -3.41. The van der Waals surface area contributed by atoms with Crippen molar-refractivity contribution in [1.82, 2.24) is 20.2 Å². The summed E-state index contributed by atoms with van der Waals surface area (Å²) < 4.78 is 0. The smallest absolute Gasteiger partial charge is 0.229 e. The molecular formula is C20H20N6. The van der Waals surface area contributed by atoms with Crippen molar-refractivity contribution in [1.29, 1.82) is 0 Å². The maximum atomic E-state index is 4.54. The molecule has 2 aromatic carbocycles. The topological polar surface area (TPSA) is 78.5 Å². The van der Waals surface area contributed by atoms with E-state index in [0.717, 1.165) is 29.0 Å². The van der Waals surface area contributed by atoms with Gasteiger partial charge in [-0.1, -0.05) is 37.3 Å². The second kappa shape index (κ2) is 7.23. The first-order chi connectivity index (χ1) is 12.8. The van der Waals surface area contributed by atoms with Crippen LogP contribution in [0.3, 0.4) is 0 Å². The van der Waals surface area contributed by atoms with Gasteiger partial charge in [0.1, 0.15) is 5.82 Å². The minimum atomic E-state index is 0.394. The predicted octanol–water partition coefficient (Wildman–Crippen LogP) is 4.31. The van der Waals surface area contributed by atoms with Crippen LogP contribution in [0.25, 0.3) is 10.9 Å². The number of benzene rings is 2. The summed E-state index contributed by atoms with van der Waals surface area (Å²) in [6.07, 6.45) is 3.55. The number of anilines is 3. The Kier molecular flexibility index (Phi) is 4.47. The first kappa shape index (κ1) is 16.1. The van der Waals surface area contributed by atoms with Crippen molar-refractivity contribution in [2.24, 2.45) is 0 Å². The lowest BCUT2D eigenvalue weighted by Crippen LogP contribution is -2.11. The fourth-order valence-corrected chi connectivity index (χ4v) is 2.82. The molecule has 130 valence electrons. The summed E-state index contributed by atoms with van der Waals surface area (Å²) in [6.45, 7) is 3.00. The van der Waals surface area contributed by atoms with Crippen molar-refractivity contribution in [3.63, 3.8) is 0 Å². The van der Waals surface area contributed by atoms with E-state index in [4.69, 9.17) is 0 Å². The molecule has 6 nitrogen and oxygen atoms in total. The zero-order valence-corrected chi connectivity index (χ0v) is 14.5. The van der Waals surface area contributed by atoms with Gasteiger partial charge in [-0.25, -0.2) is 4.98 Å². The fraction of sp³-hybridized carbons (Fsp3) is 0.150. The van der Waals surface area contributed by atoms with E-state index in [1.54, 1.807) is 12.4 Å². The standard InChI is InChI=1S/C20H20N6/c1-14(15-5-3-2-4-6-15)12-22-19-9-10-21-20(25-19)24-17-8-7-16-13-23-26-18(16)11-17/h2-11,13-14H,12H2,1H3,(H,23,26)(H2,21,22,24,25). The highest BCUT2D eigenvalue weighted by atomic mass is 15.1. The number of aromatic nitrogens is 4. The van der Waals surface area contributed by atoms with Crippen LogP contribution in [0.15, 0.2) is 67.0 Å². The summed E-state index contributed by atoms with van der Waals surface area (Å²) in [6, 6.07) is 18.3.